The van der Waals surface area contributed by atoms with Crippen LogP contribution in [-0.2, 0) is 13.6 Å². The van der Waals surface area contributed by atoms with Gasteiger partial charge in [-0.15, -0.1) is 0 Å². The molecule has 6 heteroatoms. The smallest absolute Gasteiger partial charge is 0.289 e. The number of hydrogen-bond acceptors (Lipinski definition) is 4. The van der Waals surface area contributed by atoms with E-state index in [2.05, 4.69) is 5.09 Å². The van der Waals surface area contributed by atoms with E-state index in [-0.39, 0.29) is 12.2 Å². The van der Waals surface area contributed by atoms with Crippen molar-refractivity contribution >= 4 is 13.7 Å². The number of hydrogen-bond donors (Lipinski definition) is 1. The molecule has 0 heterocycles. The van der Waals surface area contributed by atoms with E-state index in [4.69, 9.17) is 9.05 Å². The standard InChI is InChI=1S/C13H20NO4P/c1-10(2)17-19(16,18-11(3)4)14-13(15)12-8-6-5-7-9-12/h5-11H,1-4H3,(H,14,15,16). The van der Waals surface area contributed by atoms with E-state index >= 15 is 0 Å². The first kappa shape index (κ1) is 15.9. The first-order valence-electron chi connectivity index (χ1n) is 6.17. The molecule has 0 atom stereocenters. The first-order valence-corrected chi connectivity index (χ1v) is 7.71. The van der Waals surface area contributed by atoms with Crippen LogP contribution in [0.4, 0.5) is 0 Å². The molecule has 0 unspecified atom stereocenters. The van der Waals surface area contributed by atoms with Gasteiger partial charge in [0.1, 0.15) is 0 Å². The molecule has 0 aliphatic carbocycles. The van der Waals surface area contributed by atoms with Crippen LogP contribution in [0, 0.1) is 0 Å². The lowest BCUT2D eigenvalue weighted by molar-refractivity contribution is 0.0931. The summed E-state index contributed by atoms with van der Waals surface area (Å²) in [6.07, 6.45) is -0.638. The zero-order valence-electron chi connectivity index (χ0n) is 11.6. The molecule has 1 N–H and O–H groups in total. The Morgan fingerprint density at radius 1 is 1.05 bits per heavy atom. The lowest BCUT2D eigenvalue weighted by Gasteiger charge is -2.22. The summed E-state index contributed by atoms with van der Waals surface area (Å²) in [5, 5.41) is 2.34. The minimum atomic E-state index is -3.65. The third-order valence-corrected chi connectivity index (χ3v) is 3.85. The zero-order valence-corrected chi connectivity index (χ0v) is 12.5. The number of rotatable bonds is 6. The number of amides is 1. The minimum absolute atomic E-state index is 0.319. The van der Waals surface area contributed by atoms with Gasteiger partial charge in [0.25, 0.3) is 5.91 Å². The van der Waals surface area contributed by atoms with Gasteiger partial charge in [0, 0.05) is 5.56 Å². The fraction of sp³-hybridized carbons (Fsp3) is 0.462. The van der Waals surface area contributed by atoms with Gasteiger partial charge in [0.05, 0.1) is 12.2 Å². The summed E-state index contributed by atoms with van der Waals surface area (Å²) in [5.74, 6) is -0.481. The molecular weight excluding hydrogens is 265 g/mol. The monoisotopic (exact) mass is 285 g/mol. The molecule has 1 aromatic carbocycles. The molecule has 19 heavy (non-hydrogen) atoms. The molecule has 1 rings (SSSR count). The maximum Gasteiger partial charge on any atom is 0.435 e. The van der Waals surface area contributed by atoms with Crippen molar-refractivity contribution in [3.63, 3.8) is 0 Å². The molecule has 0 aliphatic rings. The number of benzene rings is 1. The number of nitrogens with one attached hydrogen (secondary N) is 1. The maximum absolute atomic E-state index is 12.4. The van der Waals surface area contributed by atoms with Crippen LogP contribution < -0.4 is 5.09 Å². The fourth-order valence-corrected chi connectivity index (χ4v) is 3.05. The summed E-state index contributed by atoms with van der Waals surface area (Å²) in [6.45, 7) is 6.91. The SMILES string of the molecule is CC(C)OP(=O)(NC(=O)c1ccccc1)OC(C)C. The Morgan fingerprint density at radius 2 is 1.53 bits per heavy atom. The normalized spacial score (nSPS) is 11.9. The van der Waals surface area contributed by atoms with Crippen molar-refractivity contribution in [3.05, 3.63) is 35.9 Å². The second kappa shape index (κ2) is 6.85. The van der Waals surface area contributed by atoms with Crippen molar-refractivity contribution in [2.75, 3.05) is 0 Å². The van der Waals surface area contributed by atoms with Crippen LogP contribution in [0.15, 0.2) is 30.3 Å². The van der Waals surface area contributed by atoms with Gasteiger partial charge >= 0.3 is 7.75 Å². The van der Waals surface area contributed by atoms with E-state index in [9.17, 15) is 9.36 Å². The highest BCUT2D eigenvalue weighted by atomic mass is 31.2. The van der Waals surface area contributed by atoms with E-state index in [1.54, 1.807) is 58.0 Å². The quantitative estimate of drug-likeness (QED) is 0.814. The Balaban J connectivity index is 2.83. The summed E-state index contributed by atoms with van der Waals surface area (Å²) in [7, 11) is -3.65. The Kier molecular flexibility index (Phi) is 5.73. The van der Waals surface area contributed by atoms with E-state index in [0.717, 1.165) is 0 Å². The van der Waals surface area contributed by atoms with Crippen LogP contribution in [0.25, 0.3) is 0 Å². The van der Waals surface area contributed by atoms with Crippen molar-refractivity contribution < 1.29 is 18.4 Å². The van der Waals surface area contributed by atoms with Gasteiger partial charge in [-0.1, -0.05) is 18.2 Å². The van der Waals surface area contributed by atoms with Crippen molar-refractivity contribution in [2.45, 2.75) is 39.9 Å². The van der Waals surface area contributed by atoms with E-state index in [1.165, 1.54) is 0 Å². The molecular formula is C13H20NO4P. The summed E-state index contributed by atoms with van der Waals surface area (Å²) in [4.78, 5) is 12.0. The van der Waals surface area contributed by atoms with Crippen LogP contribution in [0.3, 0.4) is 0 Å². The third-order valence-electron chi connectivity index (χ3n) is 1.97. The summed E-state index contributed by atoms with van der Waals surface area (Å²) < 4.78 is 22.9. The molecule has 0 aromatic heterocycles. The maximum atomic E-state index is 12.4. The Labute approximate surface area is 113 Å². The third kappa shape index (κ3) is 5.55. The molecule has 0 saturated heterocycles. The molecule has 0 spiro atoms. The van der Waals surface area contributed by atoms with Gasteiger partial charge in [-0.3, -0.25) is 18.9 Å². The Bertz CT molecular complexity index is 445. The van der Waals surface area contributed by atoms with Gasteiger partial charge in [0.15, 0.2) is 0 Å². The van der Waals surface area contributed by atoms with Gasteiger partial charge < -0.3 is 0 Å². The van der Waals surface area contributed by atoms with Gasteiger partial charge in [-0.05, 0) is 39.8 Å². The highest BCUT2D eigenvalue weighted by molar-refractivity contribution is 7.52. The molecule has 0 saturated carbocycles. The van der Waals surface area contributed by atoms with Crippen molar-refractivity contribution in [1.29, 1.82) is 0 Å². The fourth-order valence-electron chi connectivity index (χ4n) is 1.41. The lowest BCUT2D eigenvalue weighted by atomic mass is 10.2. The average molecular weight is 285 g/mol. The summed E-state index contributed by atoms with van der Waals surface area (Å²) in [6, 6.07) is 8.51. The van der Waals surface area contributed by atoms with E-state index in [1.807, 2.05) is 0 Å². The molecule has 0 bridgehead atoms. The van der Waals surface area contributed by atoms with E-state index < -0.39 is 13.7 Å². The summed E-state index contributed by atoms with van der Waals surface area (Å²) in [5.41, 5.74) is 0.405. The molecule has 0 radical (unpaired) electrons. The minimum Gasteiger partial charge on any atom is -0.289 e. The highest BCUT2D eigenvalue weighted by Gasteiger charge is 2.30. The number of carbonyl (C=O) groups excluding carboxylic acids is 1. The van der Waals surface area contributed by atoms with Crippen LogP contribution in [0.5, 0.6) is 0 Å². The summed E-state index contributed by atoms with van der Waals surface area (Å²) >= 11 is 0. The molecule has 1 aromatic rings. The second-order valence-corrected chi connectivity index (χ2v) is 6.25. The van der Waals surface area contributed by atoms with Crippen molar-refractivity contribution in [2.24, 2.45) is 0 Å². The second-order valence-electron chi connectivity index (χ2n) is 4.61. The Hall–Kier alpha value is -1.16. The number of carbonyl (C=O) groups is 1. The van der Waals surface area contributed by atoms with Gasteiger partial charge in [0.2, 0.25) is 0 Å². The van der Waals surface area contributed by atoms with Crippen molar-refractivity contribution in [3.8, 4) is 0 Å². The van der Waals surface area contributed by atoms with Crippen LogP contribution in [0.1, 0.15) is 38.1 Å². The molecule has 5 nitrogen and oxygen atoms in total. The molecule has 0 aliphatic heterocycles. The first-order chi connectivity index (χ1) is 8.82. The average Bonchev–Trinajstić information content (AvgIpc) is 2.27. The van der Waals surface area contributed by atoms with Crippen LogP contribution in [0.2, 0.25) is 0 Å². The zero-order chi connectivity index (χ0) is 14.5. The lowest BCUT2D eigenvalue weighted by Crippen LogP contribution is -2.25. The molecule has 0 fully saturated rings. The van der Waals surface area contributed by atoms with Gasteiger partial charge in [-0.2, -0.15) is 0 Å². The predicted molar refractivity (Wildman–Crippen MR) is 74.0 cm³/mol. The predicted octanol–water partition coefficient (Wildman–Crippen LogP) is 3.37. The highest BCUT2D eigenvalue weighted by Crippen LogP contribution is 2.46. The van der Waals surface area contributed by atoms with Crippen molar-refractivity contribution in [1.82, 2.24) is 5.09 Å². The topological polar surface area (TPSA) is 64.6 Å². The molecule has 1 amide bonds. The largest absolute Gasteiger partial charge is 0.435 e. The van der Waals surface area contributed by atoms with Crippen LogP contribution in [-0.4, -0.2) is 18.1 Å². The van der Waals surface area contributed by atoms with Crippen LogP contribution >= 0.6 is 7.75 Å². The Morgan fingerprint density at radius 3 is 1.95 bits per heavy atom. The molecule has 106 valence electrons. The van der Waals surface area contributed by atoms with E-state index in [0.29, 0.717) is 5.56 Å². The van der Waals surface area contributed by atoms with Gasteiger partial charge in [-0.25, -0.2) is 4.57 Å².